The zero-order valence-corrected chi connectivity index (χ0v) is 16.3. The van der Waals surface area contributed by atoms with Gasteiger partial charge in [-0.2, -0.15) is 0 Å². The maximum Gasteiger partial charge on any atom is 0.276 e. The molecule has 1 aliphatic heterocycles. The second-order valence-corrected chi connectivity index (χ2v) is 7.20. The molecule has 0 spiro atoms. The highest BCUT2D eigenvalue weighted by atomic mass is 16.3. The lowest BCUT2D eigenvalue weighted by molar-refractivity contribution is 0.0530. The smallest absolute Gasteiger partial charge is 0.276 e. The lowest BCUT2D eigenvalue weighted by atomic mass is 9.92. The first-order valence-electron chi connectivity index (χ1n) is 9.77. The second-order valence-electron chi connectivity index (χ2n) is 7.20. The summed E-state index contributed by atoms with van der Waals surface area (Å²) in [6.45, 7) is 0.606. The third kappa shape index (κ3) is 4.08. The van der Waals surface area contributed by atoms with Crippen LogP contribution in [0.25, 0.3) is 11.3 Å². The van der Waals surface area contributed by atoms with Crippen LogP contribution < -0.4 is 5.32 Å². The van der Waals surface area contributed by atoms with E-state index in [0.717, 1.165) is 5.56 Å². The number of aliphatic hydroxyl groups is 1. The zero-order valence-electron chi connectivity index (χ0n) is 16.3. The molecule has 0 unspecified atom stereocenters. The first-order chi connectivity index (χ1) is 14.7. The van der Waals surface area contributed by atoms with Gasteiger partial charge in [0.2, 0.25) is 0 Å². The number of nitrogens with zero attached hydrogens (tertiary/aromatic N) is 3. The van der Waals surface area contributed by atoms with E-state index in [4.69, 9.17) is 4.42 Å². The van der Waals surface area contributed by atoms with Gasteiger partial charge in [0.25, 0.3) is 11.8 Å². The summed E-state index contributed by atoms with van der Waals surface area (Å²) in [5, 5.41) is 12.8. The summed E-state index contributed by atoms with van der Waals surface area (Å²) in [6, 6.07) is 12.5. The minimum atomic E-state index is -0.282. The number of hydrogen-bond donors (Lipinski definition) is 2. The Bertz CT molecular complexity index is 1010. The van der Waals surface area contributed by atoms with Crippen molar-refractivity contribution in [2.24, 2.45) is 5.92 Å². The molecular formula is C22H22N4O4. The van der Waals surface area contributed by atoms with E-state index in [1.54, 1.807) is 23.2 Å². The number of pyridine rings is 1. The van der Waals surface area contributed by atoms with Crippen LogP contribution in [-0.2, 0) is 0 Å². The number of aromatic nitrogens is 2. The van der Waals surface area contributed by atoms with Gasteiger partial charge in [0.1, 0.15) is 0 Å². The van der Waals surface area contributed by atoms with Crippen LogP contribution >= 0.6 is 0 Å². The van der Waals surface area contributed by atoms with Crippen molar-refractivity contribution >= 4 is 11.8 Å². The van der Waals surface area contributed by atoms with Gasteiger partial charge in [-0.3, -0.25) is 14.6 Å². The topological polar surface area (TPSA) is 109 Å². The first-order valence-corrected chi connectivity index (χ1v) is 9.77. The van der Waals surface area contributed by atoms with Crippen LogP contribution in [0.1, 0.15) is 27.3 Å². The summed E-state index contributed by atoms with van der Waals surface area (Å²) in [5.41, 5.74) is 1.48. The van der Waals surface area contributed by atoms with Gasteiger partial charge in [0, 0.05) is 49.6 Å². The minimum Gasteiger partial charge on any atom is -0.443 e. The Morgan fingerprint density at radius 3 is 2.77 bits per heavy atom. The molecule has 8 heteroatoms. The second kappa shape index (κ2) is 8.87. The van der Waals surface area contributed by atoms with Crippen LogP contribution in [0.2, 0.25) is 0 Å². The lowest BCUT2D eigenvalue weighted by Gasteiger charge is -2.37. The van der Waals surface area contributed by atoms with Crippen molar-refractivity contribution in [2.45, 2.75) is 12.5 Å². The van der Waals surface area contributed by atoms with Gasteiger partial charge in [-0.25, -0.2) is 4.98 Å². The van der Waals surface area contributed by atoms with Crippen molar-refractivity contribution in [2.75, 3.05) is 19.7 Å². The maximum absolute atomic E-state index is 13.1. The molecule has 0 aliphatic carbocycles. The molecule has 1 fully saturated rings. The van der Waals surface area contributed by atoms with Gasteiger partial charge in [-0.15, -0.1) is 0 Å². The average molecular weight is 406 g/mol. The van der Waals surface area contributed by atoms with E-state index < -0.39 is 0 Å². The third-order valence-corrected chi connectivity index (χ3v) is 5.30. The summed E-state index contributed by atoms with van der Waals surface area (Å²) in [4.78, 5) is 35.3. The number of nitrogens with one attached hydrogen (secondary N) is 1. The molecule has 1 saturated heterocycles. The highest BCUT2D eigenvalue weighted by Crippen LogP contribution is 2.26. The fourth-order valence-corrected chi connectivity index (χ4v) is 3.68. The molecular weight excluding hydrogens is 384 g/mol. The van der Waals surface area contributed by atoms with Crippen LogP contribution in [0.3, 0.4) is 0 Å². The van der Waals surface area contributed by atoms with Crippen molar-refractivity contribution in [3.8, 4) is 11.3 Å². The normalized spacial score (nSPS) is 18.8. The summed E-state index contributed by atoms with van der Waals surface area (Å²) in [7, 11) is 0. The molecule has 154 valence electrons. The van der Waals surface area contributed by atoms with Gasteiger partial charge < -0.3 is 19.7 Å². The monoisotopic (exact) mass is 406 g/mol. The van der Waals surface area contributed by atoms with Crippen LogP contribution in [0, 0.1) is 5.92 Å². The molecule has 3 aromatic rings. The number of oxazole rings is 1. The largest absolute Gasteiger partial charge is 0.443 e. The molecule has 0 radical (unpaired) electrons. The summed E-state index contributed by atoms with van der Waals surface area (Å²) in [5.74, 6) is -0.351. The highest BCUT2D eigenvalue weighted by Gasteiger charge is 2.34. The van der Waals surface area contributed by atoms with Crippen LogP contribution in [0.5, 0.6) is 0 Å². The van der Waals surface area contributed by atoms with E-state index in [2.05, 4.69) is 15.3 Å². The molecule has 3 heterocycles. The molecule has 2 amide bonds. The molecule has 1 aliphatic rings. The Morgan fingerprint density at radius 2 is 2.03 bits per heavy atom. The van der Waals surface area contributed by atoms with Crippen molar-refractivity contribution in [3.05, 3.63) is 72.5 Å². The molecule has 30 heavy (non-hydrogen) atoms. The van der Waals surface area contributed by atoms with Gasteiger partial charge >= 0.3 is 0 Å². The standard InChI is InChI=1S/C22H22N4O4/c27-13-17-12-26(10-8-18(17)25-21(28)16-7-4-9-23-11-16)22(29)19-20(30-14-24-19)15-5-2-1-3-6-15/h1-7,9,11,14,17-18,27H,8,10,12-13H2,(H,25,28)/t17-,18-/m1/s1. The lowest BCUT2D eigenvalue weighted by Crippen LogP contribution is -2.53. The van der Waals surface area contributed by atoms with E-state index in [9.17, 15) is 14.7 Å². The van der Waals surface area contributed by atoms with Crippen LogP contribution in [0.15, 0.2) is 65.7 Å². The Morgan fingerprint density at radius 1 is 1.20 bits per heavy atom. The molecule has 2 aromatic heterocycles. The number of aliphatic hydroxyl groups excluding tert-OH is 1. The van der Waals surface area contributed by atoms with E-state index >= 15 is 0 Å². The number of rotatable bonds is 5. The van der Waals surface area contributed by atoms with Crippen molar-refractivity contribution in [3.63, 3.8) is 0 Å². The van der Waals surface area contributed by atoms with Crippen molar-refractivity contribution in [1.29, 1.82) is 0 Å². The molecule has 0 bridgehead atoms. The Labute approximate surface area is 173 Å². The number of likely N-dealkylation sites (tertiary alicyclic amines) is 1. The SMILES string of the molecule is O=C(N[C@@H]1CCN(C(=O)c2ncoc2-c2ccccc2)C[C@@H]1CO)c1cccnc1. The number of benzene rings is 1. The van der Waals surface area contributed by atoms with Gasteiger partial charge in [-0.1, -0.05) is 30.3 Å². The number of carbonyl (C=O) groups is 2. The average Bonchev–Trinajstić information content (AvgIpc) is 3.30. The number of amides is 2. The maximum atomic E-state index is 13.1. The summed E-state index contributed by atoms with van der Waals surface area (Å²) < 4.78 is 5.47. The number of hydrogen-bond acceptors (Lipinski definition) is 6. The molecule has 2 atom stereocenters. The van der Waals surface area contributed by atoms with Crippen LogP contribution in [0.4, 0.5) is 0 Å². The van der Waals surface area contributed by atoms with Gasteiger partial charge in [0.05, 0.1) is 5.56 Å². The Kier molecular flexibility index (Phi) is 5.85. The number of carbonyl (C=O) groups excluding carboxylic acids is 2. The highest BCUT2D eigenvalue weighted by molar-refractivity contribution is 5.97. The van der Waals surface area contributed by atoms with Gasteiger partial charge in [0.15, 0.2) is 17.8 Å². The molecule has 4 rings (SSSR count). The summed E-state index contributed by atoms with van der Waals surface area (Å²) in [6.07, 6.45) is 4.89. The number of piperidine rings is 1. The summed E-state index contributed by atoms with van der Waals surface area (Å²) >= 11 is 0. The quantitative estimate of drug-likeness (QED) is 0.671. The van der Waals surface area contributed by atoms with E-state index in [1.807, 2.05) is 30.3 Å². The first kappa shape index (κ1) is 19.8. The van der Waals surface area contributed by atoms with Crippen molar-refractivity contribution in [1.82, 2.24) is 20.2 Å². The zero-order chi connectivity index (χ0) is 20.9. The molecule has 8 nitrogen and oxygen atoms in total. The fourth-order valence-electron chi connectivity index (χ4n) is 3.68. The Hall–Kier alpha value is -3.52. The third-order valence-electron chi connectivity index (χ3n) is 5.30. The molecule has 0 saturated carbocycles. The van der Waals surface area contributed by atoms with Crippen molar-refractivity contribution < 1.29 is 19.1 Å². The Balaban J connectivity index is 1.45. The molecule has 1 aromatic carbocycles. The van der Waals surface area contributed by atoms with E-state index in [1.165, 1.54) is 12.6 Å². The van der Waals surface area contributed by atoms with Gasteiger partial charge in [-0.05, 0) is 18.6 Å². The van der Waals surface area contributed by atoms with E-state index in [-0.39, 0.29) is 36.1 Å². The molecule has 2 N–H and O–H groups in total. The van der Waals surface area contributed by atoms with E-state index in [0.29, 0.717) is 30.8 Å². The fraction of sp³-hybridized carbons (Fsp3) is 0.273. The minimum absolute atomic E-state index is 0.147. The predicted molar refractivity (Wildman–Crippen MR) is 109 cm³/mol. The van der Waals surface area contributed by atoms with Crippen LogP contribution in [-0.4, -0.2) is 57.5 Å². The predicted octanol–water partition coefficient (Wildman–Crippen LogP) is 1.99.